The maximum atomic E-state index is 10.1. The summed E-state index contributed by atoms with van der Waals surface area (Å²) in [5.41, 5.74) is 0. The van der Waals surface area contributed by atoms with Crippen LogP contribution in [0.25, 0.3) is 0 Å². The fraction of sp³-hybridized carbons (Fsp3) is 0.833. The SMILES string of the molecule is CCOC1OC(CO)C(O)C2CC=CCC12. The molecule has 0 aromatic carbocycles. The summed E-state index contributed by atoms with van der Waals surface area (Å²) >= 11 is 0. The Kier molecular flexibility index (Phi) is 3.97. The molecule has 1 aliphatic heterocycles. The minimum Gasteiger partial charge on any atom is -0.394 e. The van der Waals surface area contributed by atoms with Crippen molar-refractivity contribution < 1.29 is 19.7 Å². The van der Waals surface area contributed by atoms with Gasteiger partial charge in [0, 0.05) is 12.5 Å². The normalized spacial score (nSPS) is 43.1. The fourth-order valence-electron chi connectivity index (χ4n) is 2.67. The molecule has 0 radical (unpaired) electrons. The molecule has 0 aromatic heterocycles. The van der Waals surface area contributed by atoms with Gasteiger partial charge in [0.15, 0.2) is 6.29 Å². The average molecular weight is 228 g/mol. The van der Waals surface area contributed by atoms with Crippen molar-refractivity contribution in [1.82, 2.24) is 0 Å². The molecule has 92 valence electrons. The topological polar surface area (TPSA) is 58.9 Å². The Balaban J connectivity index is 2.12. The molecule has 0 bridgehead atoms. The lowest BCUT2D eigenvalue weighted by Crippen LogP contribution is -2.53. The molecule has 1 aliphatic carbocycles. The van der Waals surface area contributed by atoms with Crippen LogP contribution >= 0.6 is 0 Å². The summed E-state index contributed by atoms with van der Waals surface area (Å²) in [4.78, 5) is 0. The highest BCUT2D eigenvalue weighted by molar-refractivity contribution is 5.01. The van der Waals surface area contributed by atoms with E-state index in [1.807, 2.05) is 6.92 Å². The Labute approximate surface area is 95.9 Å². The van der Waals surface area contributed by atoms with Gasteiger partial charge in [-0.25, -0.2) is 0 Å². The quantitative estimate of drug-likeness (QED) is 0.698. The first-order chi connectivity index (χ1) is 7.77. The molecular formula is C12H20O4. The molecule has 0 spiro atoms. The van der Waals surface area contributed by atoms with Crippen LogP contribution in [0.2, 0.25) is 0 Å². The van der Waals surface area contributed by atoms with Crippen LogP contribution in [-0.2, 0) is 9.47 Å². The van der Waals surface area contributed by atoms with Gasteiger partial charge < -0.3 is 19.7 Å². The van der Waals surface area contributed by atoms with Crippen LogP contribution in [0.4, 0.5) is 0 Å². The van der Waals surface area contributed by atoms with E-state index in [1.54, 1.807) is 0 Å². The summed E-state index contributed by atoms with van der Waals surface area (Å²) < 4.78 is 11.2. The molecule has 0 aromatic rings. The van der Waals surface area contributed by atoms with Gasteiger partial charge in [-0.05, 0) is 25.7 Å². The van der Waals surface area contributed by atoms with Gasteiger partial charge in [-0.2, -0.15) is 0 Å². The Morgan fingerprint density at radius 1 is 1.31 bits per heavy atom. The predicted molar refractivity (Wildman–Crippen MR) is 58.7 cm³/mol. The van der Waals surface area contributed by atoms with Gasteiger partial charge in [0.25, 0.3) is 0 Å². The second kappa shape index (κ2) is 5.27. The summed E-state index contributed by atoms with van der Waals surface area (Å²) in [5.74, 6) is 0.357. The molecule has 1 heterocycles. The lowest BCUT2D eigenvalue weighted by atomic mass is 9.75. The fourth-order valence-corrected chi connectivity index (χ4v) is 2.67. The molecule has 2 aliphatic rings. The molecule has 1 saturated heterocycles. The summed E-state index contributed by atoms with van der Waals surface area (Å²) in [6.45, 7) is 2.36. The van der Waals surface area contributed by atoms with Gasteiger partial charge in [0.2, 0.25) is 0 Å². The van der Waals surface area contributed by atoms with Crippen LogP contribution in [0.15, 0.2) is 12.2 Å². The maximum absolute atomic E-state index is 10.1. The van der Waals surface area contributed by atoms with E-state index in [0.717, 1.165) is 12.8 Å². The molecule has 2 rings (SSSR count). The number of hydrogen-bond donors (Lipinski definition) is 2. The Bertz CT molecular complexity index is 245. The Morgan fingerprint density at radius 2 is 2.00 bits per heavy atom. The molecular weight excluding hydrogens is 208 g/mol. The van der Waals surface area contributed by atoms with Crippen LogP contribution in [0.5, 0.6) is 0 Å². The summed E-state index contributed by atoms with van der Waals surface area (Å²) in [6.07, 6.45) is 4.54. The first-order valence-corrected chi connectivity index (χ1v) is 5.99. The Morgan fingerprint density at radius 3 is 2.62 bits per heavy atom. The van der Waals surface area contributed by atoms with Crippen LogP contribution in [-0.4, -0.2) is 41.9 Å². The van der Waals surface area contributed by atoms with E-state index in [2.05, 4.69) is 12.2 Å². The summed E-state index contributed by atoms with van der Waals surface area (Å²) in [7, 11) is 0. The summed E-state index contributed by atoms with van der Waals surface area (Å²) in [5, 5.41) is 19.3. The molecule has 1 fully saturated rings. The standard InChI is InChI=1S/C12H20O4/c1-2-15-12-9-6-4-3-5-8(9)11(14)10(7-13)16-12/h3-4,8-14H,2,5-7H2,1H3. The highest BCUT2D eigenvalue weighted by Crippen LogP contribution is 2.38. The van der Waals surface area contributed by atoms with Gasteiger partial charge in [-0.3, -0.25) is 0 Å². The lowest BCUT2D eigenvalue weighted by molar-refractivity contribution is -0.272. The molecule has 4 heteroatoms. The molecule has 0 saturated carbocycles. The molecule has 5 unspecified atom stereocenters. The zero-order valence-electron chi connectivity index (χ0n) is 9.58. The third-order valence-corrected chi connectivity index (χ3v) is 3.52. The minimum absolute atomic E-state index is 0.146. The van der Waals surface area contributed by atoms with Gasteiger partial charge in [0.1, 0.15) is 6.10 Å². The zero-order valence-corrected chi connectivity index (χ0v) is 9.58. The largest absolute Gasteiger partial charge is 0.394 e. The number of allylic oxidation sites excluding steroid dienone is 2. The van der Waals surface area contributed by atoms with Crippen molar-refractivity contribution in [2.45, 2.75) is 38.3 Å². The first-order valence-electron chi connectivity index (χ1n) is 5.99. The van der Waals surface area contributed by atoms with Crippen molar-refractivity contribution in [2.24, 2.45) is 11.8 Å². The van der Waals surface area contributed by atoms with Crippen molar-refractivity contribution in [1.29, 1.82) is 0 Å². The zero-order chi connectivity index (χ0) is 11.5. The predicted octanol–water partition coefficient (Wildman–Crippen LogP) is 0.683. The van der Waals surface area contributed by atoms with Crippen molar-refractivity contribution >= 4 is 0 Å². The van der Waals surface area contributed by atoms with Gasteiger partial charge in [0.05, 0.1) is 12.7 Å². The maximum Gasteiger partial charge on any atom is 0.161 e. The van der Waals surface area contributed by atoms with Crippen molar-refractivity contribution in [3.63, 3.8) is 0 Å². The van der Waals surface area contributed by atoms with E-state index in [4.69, 9.17) is 9.47 Å². The van der Waals surface area contributed by atoms with E-state index in [-0.39, 0.29) is 24.7 Å². The number of aliphatic hydroxyl groups is 2. The minimum atomic E-state index is -0.586. The molecule has 0 amide bonds. The van der Waals surface area contributed by atoms with Gasteiger partial charge in [-0.1, -0.05) is 12.2 Å². The molecule has 5 atom stereocenters. The third-order valence-electron chi connectivity index (χ3n) is 3.52. The highest BCUT2D eigenvalue weighted by Gasteiger charge is 2.44. The van der Waals surface area contributed by atoms with Crippen molar-refractivity contribution in [3.05, 3.63) is 12.2 Å². The number of rotatable bonds is 3. The van der Waals surface area contributed by atoms with E-state index in [1.165, 1.54) is 0 Å². The molecule has 16 heavy (non-hydrogen) atoms. The van der Waals surface area contributed by atoms with Gasteiger partial charge >= 0.3 is 0 Å². The Hall–Kier alpha value is -0.420. The molecule has 4 nitrogen and oxygen atoms in total. The first kappa shape index (κ1) is 12.0. The lowest BCUT2D eigenvalue weighted by Gasteiger charge is -2.45. The monoisotopic (exact) mass is 228 g/mol. The highest BCUT2D eigenvalue weighted by atomic mass is 16.7. The van der Waals surface area contributed by atoms with Gasteiger partial charge in [-0.15, -0.1) is 0 Å². The second-order valence-electron chi connectivity index (χ2n) is 4.44. The van der Waals surface area contributed by atoms with Crippen molar-refractivity contribution in [2.75, 3.05) is 13.2 Å². The summed E-state index contributed by atoms with van der Waals surface area (Å²) in [6, 6.07) is 0. The van der Waals surface area contributed by atoms with Crippen LogP contribution in [0.3, 0.4) is 0 Å². The van der Waals surface area contributed by atoms with Crippen LogP contribution in [0.1, 0.15) is 19.8 Å². The number of ether oxygens (including phenoxy) is 2. The van der Waals surface area contributed by atoms with E-state index in [9.17, 15) is 10.2 Å². The van der Waals surface area contributed by atoms with Crippen LogP contribution in [0, 0.1) is 11.8 Å². The number of aliphatic hydroxyl groups excluding tert-OH is 2. The average Bonchev–Trinajstić information content (AvgIpc) is 2.33. The third kappa shape index (κ3) is 2.15. The van der Waals surface area contributed by atoms with Crippen LogP contribution < -0.4 is 0 Å². The van der Waals surface area contributed by atoms with E-state index < -0.39 is 12.2 Å². The molecule has 2 N–H and O–H groups in total. The van der Waals surface area contributed by atoms with E-state index in [0.29, 0.717) is 6.61 Å². The van der Waals surface area contributed by atoms with Crippen molar-refractivity contribution in [3.8, 4) is 0 Å². The van der Waals surface area contributed by atoms with E-state index >= 15 is 0 Å². The number of hydrogen-bond acceptors (Lipinski definition) is 4. The smallest absolute Gasteiger partial charge is 0.161 e. The number of fused-ring (bicyclic) bond motifs is 1. The second-order valence-corrected chi connectivity index (χ2v) is 4.44.